The fourth-order valence-corrected chi connectivity index (χ4v) is 3.81. The Kier molecular flexibility index (Phi) is 4.24. The van der Waals surface area contributed by atoms with Crippen molar-refractivity contribution in [2.24, 2.45) is 0 Å². The number of thiophene rings is 1. The zero-order valence-corrected chi connectivity index (χ0v) is 13.1. The minimum atomic E-state index is -0.181. The highest BCUT2D eigenvalue weighted by Gasteiger charge is 2.13. The van der Waals surface area contributed by atoms with Crippen molar-refractivity contribution < 1.29 is 4.39 Å². The summed E-state index contributed by atoms with van der Waals surface area (Å²) in [5.41, 5.74) is 0.676. The number of hydrogen-bond donors (Lipinski definition) is 1. The Morgan fingerprint density at radius 2 is 1.86 bits per heavy atom. The van der Waals surface area contributed by atoms with Crippen LogP contribution in [0, 0.1) is 5.82 Å². The Morgan fingerprint density at radius 1 is 1.14 bits per heavy atom. The third-order valence-corrected chi connectivity index (χ3v) is 5.26. The normalized spacial score (nSPS) is 12.7. The Morgan fingerprint density at radius 3 is 2.62 bits per heavy atom. The van der Waals surface area contributed by atoms with Gasteiger partial charge in [0.1, 0.15) is 5.82 Å². The van der Waals surface area contributed by atoms with Gasteiger partial charge in [0.2, 0.25) is 0 Å². The number of halogens is 2. The van der Waals surface area contributed by atoms with Gasteiger partial charge in [0.15, 0.2) is 0 Å². The van der Waals surface area contributed by atoms with E-state index < -0.39 is 0 Å². The zero-order valence-electron chi connectivity index (χ0n) is 11.6. The van der Waals surface area contributed by atoms with Crippen molar-refractivity contribution in [2.75, 3.05) is 0 Å². The standard InChI is InChI=1S/C17H15ClFNS/c1-11(12-6-2-4-8-14(12)19)20-10-16-17(18)13-7-3-5-9-15(13)21-16/h2-9,11,20H,10H2,1H3. The molecule has 0 aliphatic carbocycles. The third kappa shape index (κ3) is 2.95. The molecule has 1 heterocycles. The predicted molar refractivity (Wildman–Crippen MR) is 88.5 cm³/mol. The molecule has 0 saturated carbocycles. The van der Waals surface area contributed by atoms with Crippen LogP contribution in [-0.2, 0) is 6.54 Å². The summed E-state index contributed by atoms with van der Waals surface area (Å²) in [5.74, 6) is -0.181. The summed E-state index contributed by atoms with van der Waals surface area (Å²) in [6.45, 7) is 2.59. The molecule has 0 saturated heterocycles. The fourth-order valence-electron chi connectivity index (χ4n) is 2.36. The summed E-state index contributed by atoms with van der Waals surface area (Å²) < 4.78 is 14.9. The lowest BCUT2D eigenvalue weighted by molar-refractivity contribution is 0.530. The Balaban J connectivity index is 1.77. The molecular formula is C17H15ClFNS. The van der Waals surface area contributed by atoms with E-state index in [0.29, 0.717) is 12.1 Å². The van der Waals surface area contributed by atoms with E-state index in [9.17, 15) is 4.39 Å². The van der Waals surface area contributed by atoms with Gasteiger partial charge in [-0.25, -0.2) is 4.39 Å². The maximum atomic E-state index is 13.7. The average molecular weight is 320 g/mol. The van der Waals surface area contributed by atoms with Crippen LogP contribution < -0.4 is 5.32 Å². The van der Waals surface area contributed by atoms with Crippen molar-refractivity contribution in [1.29, 1.82) is 0 Å². The molecular weight excluding hydrogens is 305 g/mol. The van der Waals surface area contributed by atoms with Crippen molar-refractivity contribution in [3.8, 4) is 0 Å². The molecule has 0 amide bonds. The van der Waals surface area contributed by atoms with Gasteiger partial charge in [0, 0.05) is 33.1 Å². The van der Waals surface area contributed by atoms with E-state index in [4.69, 9.17) is 11.6 Å². The molecule has 3 rings (SSSR count). The Labute approximate surface area is 132 Å². The average Bonchev–Trinajstić information content (AvgIpc) is 2.82. The first-order valence-corrected chi connectivity index (χ1v) is 8.00. The number of nitrogens with one attached hydrogen (secondary N) is 1. The van der Waals surface area contributed by atoms with E-state index in [-0.39, 0.29) is 11.9 Å². The fraction of sp³-hybridized carbons (Fsp3) is 0.176. The second-order valence-corrected chi connectivity index (χ2v) is 6.47. The van der Waals surface area contributed by atoms with Crippen LogP contribution in [0.3, 0.4) is 0 Å². The highest BCUT2D eigenvalue weighted by atomic mass is 35.5. The minimum Gasteiger partial charge on any atom is -0.305 e. The molecule has 1 N–H and O–H groups in total. The molecule has 0 spiro atoms. The smallest absolute Gasteiger partial charge is 0.127 e. The van der Waals surface area contributed by atoms with Crippen LogP contribution in [0.15, 0.2) is 48.5 Å². The highest BCUT2D eigenvalue weighted by molar-refractivity contribution is 7.19. The summed E-state index contributed by atoms with van der Waals surface area (Å²) >= 11 is 8.09. The van der Waals surface area contributed by atoms with Crippen molar-refractivity contribution in [3.63, 3.8) is 0 Å². The SMILES string of the molecule is CC(NCc1sc2ccccc2c1Cl)c1ccccc1F. The molecule has 1 nitrogen and oxygen atoms in total. The van der Waals surface area contributed by atoms with Crippen LogP contribution in [0.5, 0.6) is 0 Å². The minimum absolute atomic E-state index is 0.0625. The largest absolute Gasteiger partial charge is 0.305 e. The Hall–Kier alpha value is -1.42. The molecule has 2 aromatic carbocycles. The lowest BCUT2D eigenvalue weighted by Crippen LogP contribution is -2.18. The van der Waals surface area contributed by atoms with E-state index >= 15 is 0 Å². The van der Waals surface area contributed by atoms with Crippen molar-refractivity contribution in [1.82, 2.24) is 5.32 Å². The van der Waals surface area contributed by atoms with Gasteiger partial charge in [0.25, 0.3) is 0 Å². The quantitative estimate of drug-likeness (QED) is 0.665. The second-order valence-electron chi connectivity index (χ2n) is 4.96. The lowest BCUT2D eigenvalue weighted by Gasteiger charge is -2.14. The molecule has 108 valence electrons. The van der Waals surface area contributed by atoms with Gasteiger partial charge in [-0.1, -0.05) is 48.0 Å². The maximum absolute atomic E-state index is 13.7. The molecule has 0 aliphatic heterocycles. The summed E-state index contributed by atoms with van der Waals surface area (Å²) in [6.07, 6.45) is 0. The summed E-state index contributed by atoms with van der Waals surface area (Å²) in [4.78, 5) is 1.08. The van der Waals surface area contributed by atoms with Crippen molar-refractivity contribution in [2.45, 2.75) is 19.5 Å². The van der Waals surface area contributed by atoms with Crippen LogP contribution in [-0.4, -0.2) is 0 Å². The van der Waals surface area contributed by atoms with Crippen molar-refractivity contribution >= 4 is 33.0 Å². The Bertz CT molecular complexity index is 768. The van der Waals surface area contributed by atoms with Gasteiger partial charge in [-0.2, -0.15) is 0 Å². The molecule has 21 heavy (non-hydrogen) atoms. The number of rotatable bonds is 4. The van der Waals surface area contributed by atoms with Crippen LogP contribution in [0.1, 0.15) is 23.4 Å². The first kappa shape index (κ1) is 14.5. The van der Waals surface area contributed by atoms with Gasteiger partial charge in [-0.3, -0.25) is 0 Å². The number of hydrogen-bond acceptors (Lipinski definition) is 2. The molecule has 0 fully saturated rings. The first-order valence-electron chi connectivity index (χ1n) is 6.80. The molecule has 0 aliphatic rings. The van der Waals surface area contributed by atoms with Gasteiger partial charge in [0.05, 0.1) is 5.02 Å². The van der Waals surface area contributed by atoms with Crippen LogP contribution in [0.2, 0.25) is 5.02 Å². The van der Waals surface area contributed by atoms with Crippen LogP contribution in [0.25, 0.3) is 10.1 Å². The molecule has 1 atom stereocenters. The summed E-state index contributed by atoms with van der Waals surface area (Å²) in [7, 11) is 0. The van der Waals surface area contributed by atoms with Crippen LogP contribution in [0.4, 0.5) is 4.39 Å². The monoisotopic (exact) mass is 319 g/mol. The van der Waals surface area contributed by atoms with Gasteiger partial charge >= 0.3 is 0 Å². The van der Waals surface area contributed by atoms with E-state index in [2.05, 4.69) is 11.4 Å². The molecule has 0 bridgehead atoms. The van der Waals surface area contributed by atoms with E-state index in [1.54, 1.807) is 23.5 Å². The van der Waals surface area contributed by atoms with Crippen molar-refractivity contribution in [3.05, 3.63) is 69.8 Å². The first-order chi connectivity index (χ1) is 10.2. The maximum Gasteiger partial charge on any atom is 0.127 e. The summed E-state index contributed by atoms with van der Waals surface area (Å²) in [6, 6.07) is 14.9. The van der Waals surface area contributed by atoms with Gasteiger partial charge in [-0.05, 0) is 19.1 Å². The van der Waals surface area contributed by atoms with Crippen LogP contribution >= 0.6 is 22.9 Å². The number of benzene rings is 2. The second kappa shape index (κ2) is 6.14. The van der Waals surface area contributed by atoms with E-state index in [1.807, 2.05) is 31.2 Å². The molecule has 4 heteroatoms. The molecule has 3 aromatic rings. The lowest BCUT2D eigenvalue weighted by atomic mass is 10.1. The van der Waals surface area contributed by atoms with E-state index in [1.165, 1.54) is 10.8 Å². The third-order valence-electron chi connectivity index (χ3n) is 3.54. The predicted octanol–water partition coefficient (Wildman–Crippen LogP) is 5.54. The summed E-state index contributed by atoms with van der Waals surface area (Å²) in [5, 5.41) is 5.22. The molecule has 1 aromatic heterocycles. The van der Waals surface area contributed by atoms with E-state index in [0.717, 1.165) is 15.3 Å². The number of fused-ring (bicyclic) bond motifs is 1. The molecule has 0 radical (unpaired) electrons. The molecule has 1 unspecified atom stereocenters. The topological polar surface area (TPSA) is 12.0 Å². The highest BCUT2D eigenvalue weighted by Crippen LogP contribution is 2.35. The van der Waals surface area contributed by atoms with Gasteiger partial charge in [-0.15, -0.1) is 11.3 Å². The van der Waals surface area contributed by atoms with Gasteiger partial charge < -0.3 is 5.32 Å². The zero-order chi connectivity index (χ0) is 14.8.